The van der Waals surface area contributed by atoms with E-state index in [-0.39, 0.29) is 17.9 Å². The number of carbonyl (C=O) groups excluding carboxylic acids is 2. The van der Waals surface area contributed by atoms with E-state index in [2.05, 4.69) is 17.1 Å². The second-order valence-corrected chi connectivity index (χ2v) is 9.61. The van der Waals surface area contributed by atoms with Gasteiger partial charge >= 0.3 is 0 Å². The summed E-state index contributed by atoms with van der Waals surface area (Å²) >= 11 is 1.60. The van der Waals surface area contributed by atoms with Crippen molar-refractivity contribution in [2.75, 3.05) is 33.2 Å². The predicted octanol–water partition coefficient (Wildman–Crippen LogP) is 3.90. The van der Waals surface area contributed by atoms with Crippen molar-refractivity contribution in [3.8, 4) is 0 Å². The van der Waals surface area contributed by atoms with Crippen LogP contribution < -0.4 is 5.32 Å². The van der Waals surface area contributed by atoms with Crippen molar-refractivity contribution in [2.24, 2.45) is 5.92 Å². The Labute approximate surface area is 183 Å². The monoisotopic (exact) mass is 425 g/mol. The number of piperidine rings is 1. The van der Waals surface area contributed by atoms with Gasteiger partial charge in [-0.3, -0.25) is 9.59 Å². The highest BCUT2D eigenvalue weighted by molar-refractivity contribution is 7.10. The second-order valence-electron chi connectivity index (χ2n) is 8.63. The summed E-state index contributed by atoms with van der Waals surface area (Å²) < 4.78 is 0. The van der Waals surface area contributed by atoms with Crippen molar-refractivity contribution in [3.05, 3.63) is 57.8 Å². The third-order valence-corrected chi connectivity index (χ3v) is 7.33. The highest BCUT2D eigenvalue weighted by atomic mass is 32.1. The zero-order valence-corrected chi connectivity index (χ0v) is 18.7. The highest BCUT2D eigenvalue weighted by Gasteiger charge is 2.42. The number of benzene rings is 1. The van der Waals surface area contributed by atoms with Gasteiger partial charge in [0.15, 0.2) is 0 Å². The van der Waals surface area contributed by atoms with Crippen molar-refractivity contribution in [1.82, 2.24) is 15.1 Å². The molecule has 2 aliphatic rings. The van der Waals surface area contributed by atoms with Crippen LogP contribution in [0.2, 0.25) is 0 Å². The fourth-order valence-corrected chi connectivity index (χ4v) is 5.79. The van der Waals surface area contributed by atoms with Crippen LogP contribution in [0.15, 0.2) is 41.8 Å². The van der Waals surface area contributed by atoms with Crippen LogP contribution in [0.1, 0.15) is 58.9 Å². The molecular formula is C24H31N3O2S. The number of amides is 2. The topological polar surface area (TPSA) is 52.7 Å². The molecule has 2 amide bonds. The number of likely N-dealkylation sites (N-methyl/N-ethyl adjacent to an activating group) is 1. The molecule has 4 rings (SSSR count). The Kier molecular flexibility index (Phi) is 6.54. The van der Waals surface area contributed by atoms with Crippen molar-refractivity contribution >= 4 is 23.2 Å². The number of nitrogens with one attached hydrogen (secondary N) is 1. The minimum absolute atomic E-state index is 0.00668. The van der Waals surface area contributed by atoms with Crippen LogP contribution in [-0.4, -0.2) is 54.8 Å². The summed E-state index contributed by atoms with van der Waals surface area (Å²) in [6.07, 6.45) is 3.55. The van der Waals surface area contributed by atoms with Gasteiger partial charge in [-0.05, 0) is 61.3 Å². The van der Waals surface area contributed by atoms with E-state index in [1.807, 2.05) is 41.8 Å². The summed E-state index contributed by atoms with van der Waals surface area (Å²) in [5.74, 6) is 0.365. The van der Waals surface area contributed by atoms with Gasteiger partial charge in [0.25, 0.3) is 5.91 Å². The van der Waals surface area contributed by atoms with Gasteiger partial charge in [0, 0.05) is 30.6 Å². The number of hydrogen-bond acceptors (Lipinski definition) is 4. The van der Waals surface area contributed by atoms with E-state index < -0.39 is 5.92 Å². The molecule has 30 heavy (non-hydrogen) atoms. The molecule has 160 valence electrons. The molecule has 1 N–H and O–H groups in total. The number of nitrogens with zero attached hydrogens (tertiary/aromatic N) is 2. The molecule has 2 aromatic rings. The summed E-state index contributed by atoms with van der Waals surface area (Å²) in [4.78, 5) is 31.6. The number of carbonyl (C=O) groups is 2. The van der Waals surface area contributed by atoms with E-state index in [9.17, 15) is 9.59 Å². The van der Waals surface area contributed by atoms with Gasteiger partial charge in [0.2, 0.25) is 5.91 Å². The molecule has 5 nitrogen and oxygen atoms in total. The smallest absolute Gasteiger partial charge is 0.254 e. The Balaban J connectivity index is 1.47. The van der Waals surface area contributed by atoms with Crippen LogP contribution in [0.4, 0.5) is 0 Å². The zero-order chi connectivity index (χ0) is 21.1. The fraction of sp³-hybridized carbons (Fsp3) is 0.500. The van der Waals surface area contributed by atoms with Crippen LogP contribution in [0.3, 0.4) is 0 Å². The molecule has 0 spiro atoms. The summed E-state index contributed by atoms with van der Waals surface area (Å²) in [7, 11) is 1.81. The van der Waals surface area contributed by atoms with Crippen LogP contribution in [0, 0.1) is 5.92 Å². The van der Waals surface area contributed by atoms with Crippen LogP contribution in [0.5, 0.6) is 0 Å². The lowest BCUT2D eigenvalue weighted by Gasteiger charge is -2.39. The van der Waals surface area contributed by atoms with Crippen LogP contribution in [0.25, 0.3) is 0 Å². The van der Waals surface area contributed by atoms with Gasteiger partial charge in [-0.25, -0.2) is 0 Å². The van der Waals surface area contributed by atoms with E-state index in [1.54, 1.807) is 23.3 Å². The largest absolute Gasteiger partial charge is 0.355 e. The first kappa shape index (κ1) is 21.1. The molecule has 0 unspecified atom stereocenters. The van der Waals surface area contributed by atoms with Crippen LogP contribution >= 0.6 is 11.3 Å². The fourth-order valence-electron chi connectivity index (χ4n) is 4.89. The molecule has 1 fully saturated rings. The van der Waals surface area contributed by atoms with E-state index >= 15 is 0 Å². The number of fused-ring (bicyclic) bond motifs is 1. The molecule has 6 heteroatoms. The molecule has 3 atom stereocenters. The van der Waals surface area contributed by atoms with Crippen molar-refractivity contribution in [1.29, 1.82) is 0 Å². The molecule has 0 radical (unpaired) electrons. The average Bonchev–Trinajstić information content (AvgIpc) is 3.28. The zero-order valence-electron chi connectivity index (χ0n) is 17.8. The second kappa shape index (κ2) is 9.31. The molecule has 0 bridgehead atoms. The minimum atomic E-state index is -0.391. The number of thiophene rings is 1. The normalized spacial score (nSPS) is 24.5. The van der Waals surface area contributed by atoms with Gasteiger partial charge < -0.3 is 15.1 Å². The molecule has 0 aliphatic carbocycles. The summed E-state index contributed by atoms with van der Waals surface area (Å²) in [6, 6.07) is 11.3. The van der Waals surface area contributed by atoms with Gasteiger partial charge in [-0.2, -0.15) is 0 Å². The van der Waals surface area contributed by atoms with Crippen molar-refractivity contribution in [3.63, 3.8) is 0 Å². The quantitative estimate of drug-likeness (QED) is 0.714. The molecule has 2 aliphatic heterocycles. The Hall–Kier alpha value is -2.18. The van der Waals surface area contributed by atoms with Gasteiger partial charge in [0.1, 0.15) is 0 Å². The molecular weight excluding hydrogens is 394 g/mol. The van der Waals surface area contributed by atoms with Crippen molar-refractivity contribution < 1.29 is 9.59 Å². The maximum Gasteiger partial charge on any atom is 0.254 e. The molecule has 0 saturated carbocycles. The predicted molar refractivity (Wildman–Crippen MR) is 121 cm³/mol. The summed E-state index contributed by atoms with van der Waals surface area (Å²) in [5, 5.41) is 5.18. The first-order valence-corrected chi connectivity index (χ1v) is 11.8. The van der Waals surface area contributed by atoms with E-state index in [0.717, 1.165) is 35.9 Å². The third-order valence-electron chi connectivity index (χ3n) is 6.39. The molecule has 1 aromatic heterocycles. The maximum atomic E-state index is 13.4. The summed E-state index contributed by atoms with van der Waals surface area (Å²) in [5.41, 5.74) is 1.47. The van der Waals surface area contributed by atoms with E-state index in [0.29, 0.717) is 12.1 Å². The molecule has 1 aromatic carbocycles. The molecule has 1 saturated heterocycles. The number of rotatable bonds is 6. The Morgan fingerprint density at radius 2 is 2.07 bits per heavy atom. The highest BCUT2D eigenvalue weighted by Crippen LogP contribution is 2.43. The Morgan fingerprint density at radius 1 is 1.23 bits per heavy atom. The number of likely N-dealkylation sites (tertiary alicyclic amines) is 1. The average molecular weight is 426 g/mol. The lowest BCUT2D eigenvalue weighted by atomic mass is 9.81. The SMILES string of the molecule is C[C@@H]1CCCN(CCCNC(=O)[C@H]2c3ccccc3C(=O)N(C)[C@H]2c2cccs2)C1. The lowest BCUT2D eigenvalue weighted by molar-refractivity contribution is -0.124. The molecule has 3 heterocycles. The van der Waals surface area contributed by atoms with Crippen molar-refractivity contribution in [2.45, 2.75) is 38.1 Å². The first-order valence-electron chi connectivity index (χ1n) is 11.0. The lowest BCUT2D eigenvalue weighted by Crippen LogP contribution is -2.45. The third kappa shape index (κ3) is 4.30. The number of hydrogen-bond donors (Lipinski definition) is 1. The van der Waals surface area contributed by atoms with Gasteiger partial charge in [-0.15, -0.1) is 11.3 Å². The Bertz CT molecular complexity index is 882. The Morgan fingerprint density at radius 3 is 2.83 bits per heavy atom. The first-order chi connectivity index (χ1) is 14.6. The van der Waals surface area contributed by atoms with E-state index in [1.165, 1.54) is 19.4 Å². The summed E-state index contributed by atoms with van der Waals surface area (Å²) in [6.45, 7) is 6.34. The maximum absolute atomic E-state index is 13.4. The van der Waals surface area contributed by atoms with E-state index in [4.69, 9.17) is 0 Å². The van der Waals surface area contributed by atoms with Crippen LogP contribution in [-0.2, 0) is 4.79 Å². The minimum Gasteiger partial charge on any atom is -0.355 e. The standard InChI is InChI=1S/C24H31N3O2S/c1-17-8-5-13-27(16-17)14-7-12-25-23(28)21-18-9-3-4-10-19(18)24(29)26(2)22(21)20-11-6-15-30-20/h3-4,6,9-11,15,17,21-22H,5,7-8,12-14,16H2,1-2H3,(H,25,28)/t17-,21+,22+/m1/s1. The van der Waals surface area contributed by atoms with Gasteiger partial charge in [-0.1, -0.05) is 31.2 Å². The van der Waals surface area contributed by atoms with Gasteiger partial charge in [0.05, 0.1) is 12.0 Å².